The molecule has 28 heavy (non-hydrogen) atoms. The number of carbonyl (C=O) groups excluding carboxylic acids is 2. The first-order valence-corrected chi connectivity index (χ1v) is 9.36. The van der Waals surface area contributed by atoms with Gasteiger partial charge < -0.3 is 15.0 Å². The van der Waals surface area contributed by atoms with Crippen LogP contribution in [0.2, 0.25) is 0 Å². The highest BCUT2D eigenvalue weighted by Crippen LogP contribution is 2.33. The molecule has 3 aromatic rings. The average molecular weight is 374 g/mol. The van der Waals surface area contributed by atoms with Crippen LogP contribution in [0.3, 0.4) is 0 Å². The fraction of sp³-hybridized carbons (Fsp3) is 0.217. The molecule has 2 atom stereocenters. The Kier molecular flexibility index (Phi) is 4.74. The highest BCUT2D eigenvalue weighted by molar-refractivity contribution is 5.96. The van der Waals surface area contributed by atoms with Gasteiger partial charge in [0.25, 0.3) is 5.91 Å². The van der Waals surface area contributed by atoms with Crippen LogP contribution in [0.25, 0.3) is 10.8 Å². The zero-order valence-corrected chi connectivity index (χ0v) is 15.9. The highest BCUT2D eigenvalue weighted by atomic mass is 16.5. The van der Waals surface area contributed by atoms with Gasteiger partial charge in [-0.15, -0.1) is 0 Å². The molecule has 2 unspecified atom stereocenters. The molecule has 2 amide bonds. The predicted octanol–water partition coefficient (Wildman–Crippen LogP) is 3.83. The molecule has 0 aliphatic carbocycles. The van der Waals surface area contributed by atoms with E-state index in [0.29, 0.717) is 11.4 Å². The number of benzene rings is 3. The molecule has 0 spiro atoms. The lowest BCUT2D eigenvalue weighted by atomic mass is 9.99. The summed E-state index contributed by atoms with van der Waals surface area (Å²) in [4.78, 5) is 26.6. The molecule has 5 nitrogen and oxygen atoms in total. The number of nitrogens with zero attached hydrogens (tertiary/aromatic N) is 1. The van der Waals surface area contributed by atoms with E-state index in [2.05, 4.69) is 23.5 Å². The number of rotatable bonds is 3. The van der Waals surface area contributed by atoms with Gasteiger partial charge in [0, 0.05) is 6.92 Å². The van der Waals surface area contributed by atoms with Gasteiger partial charge in [-0.3, -0.25) is 9.59 Å². The van der Waals surface area contributed by atoms with Crippen molar-refractivity contribution in [3.05, 3.63) is 72.3 Å². The van der Waals surface area contributed by atoms with E-state index >= 15 is 0 Å². The van der Waals surface area contributed by atoms with Gasteiger partial charge in [-0.25, -0.2) is 0 Å². The standard InChI is InChI=1S/C23H22N2O3/c1-15(18-11-7-9-17-8-3-4-10-19(17)18)24-23(27)22-14-25(16(2)26)20-12-5-6-13-21(20)28-22/h3-13,15,22H,14H2,1-2H3,(H,24,27). The first-order chi connectivity index (χ1) is 13.5. The summed E-state index contributed by atoms with van der Waals surface area (Å²) in [5, 5.41) is 5.29. The minimum absolute atomic E-state index is 0.115. The average Bonchev–Trinajstić information content (AvgIpc) is 2.72. The van der Waals surface area contributed by atoms with Crippen LogP contribution >= 0.6 is 0 Å². The fourth-order valence-electron chi connectivity index (χ4n) is 3.68. The van der Waals surface area contributed by atoms with Gasteiger partial charge in [0.15, 0.2) is 6.10 Å². The number of hydrogen-bond acceptors (Lipinski definition) is 3. The summed E-state index contributed by atoms with van der Waals surface area (Å²) < 4.78 is 5.89. The molecule has 1 aliphatic rings. The van der Waals surface area contributed by atoms with Crippen LogP contribution in [0.5, 0.6) is 5.75 Å². The third kappa shape index (κ3) is 3.31. The lowest BCUT2D eigenvalue weighted by molar-refractivity contribution is -0.128. The smallest absolute Gasteiger partial charge is 0.263 e. The van der Waals surface area contributed by atoms with Crippen molar-refractivity contribution in [3.63, 3.8) is 0 Å². The monoisotopic (exact) mass is 374 g/mol. The van der Waals surface area contributed by atoms with Crippen molar-refractivity contribution in [2.24, 2.45) is 0 Å². The highest BCUT2D eigenvalue weighted by Gasteiger charge is 2.33. The van der Waals surface area contributed by atoms with Crippen molar-refractivity contribution in [1.29, 1.82) is 0 Å². The Labute approximate surface area is 163 Å². The lowest BCUT2D eigenvalue weighted by Gasteiger charge is -2.34. The SMILES string of the molecule is CC(=O)N1CC(C(=O)NC(C)c2cccc3ccccc23)Oc2ccccc21. The van der Waals surface area contributed by atoms with E-state index in [9.17, 15) is 9.59 Å². The summed E-state index contributed by atoms with van der Waals surface area (Å²) in [6.07, 6.45) is -0.753. The Bertz CT molecular complexity index is 1040. The minimum Gasteiger partial charge on any atom is -0.477 e. The number of nitrogens with one attached hydrogen (secondary N) is 1. The van der Waals surface area contributed by atoms with Crippen molar-refractivity contribution in [2.75, 3.05) is 11.4 Å². The van der Waals surface area contributed by atoms with Gasteiger partial charge in [-0.05, 0) is 35.4 Å². The summed E-state index contributed by atoms with van der Waals surface area (Å²) in [6.45, 7) is 3.65. The van der Waals surface area contributed by atoms with Crippen LogP contribution in [-0.4, -0.2) is 24.5 Å². The molecular weight excluding hydrogens is 352 g/mol. The minimum atomic E-state index is -0.753. The molecule has 0 fully saturated rings. The first kappa shape index (κ1) is 18.0. The molecule has 0 radical (unpaired) electrons. The van der Waals surface area contributed by atoms with Gasteiger partial charge in [-0.2, -0.15) is 0 Å². The van der Waals surface area contributed by atoms with E-state index in [1.165, 1.54) is 6.92 Å². The Morgan fingerprint density at radius 1 is 1.04 bits per heavy atom. The van der Waals surface area contributed by atoms with Crippen LogP contribution in [0, 0.1) is 0 Å². The predicted molar refractivity (Wildman–Crippen MR) is 109 cm³/mol. The van der Waals surface area contributed by atoms with E-state index in [1.54, 1.807) is 11.0 Å². The van der Waals surface area contributed by atoms with Gasteiger partial charge in [0.05, 0.1) is 18.3 Å². The molecule has 1 aliphatic heterocycles. The lowest BCUT2D eigenvalue weighted by Crippen LogP contribution is -2.50. The summed E-state index contributed by atoms with van der Waals surface area (Å²) in [7, 11) is 0. The summed E-state index contributed by atoms with van der Waals surface area (Å²) in [5.41, 5.74) is 1.74. The Hall–Kier alpha value is -3.34. The quantitative estimate of drug-likeness (QED) is 0.758. The van der Waals surface area contributed by atoms with Crippen LogP contribution in [0.15, 0.2) is 66.7 Å². The Morgan fingerprint density at radius 2 is 1.75 bits per heavy atom. The number of para-hydroxylation sites is 2. The maximum Gasteiger partial charge on any atom is 0.263 e. The number of amides is 2. The molecule has 3 aromatic carbocycles. The van der Waals surface area contributed by atoms with Gasteiger partial charge in [-0.1, -0.05) is 54.6 Å². The van der Waals surface area contributed by atoms with Crippen molar-refractivity contribution in [1.82, 2.24) is 5.32 Å². The largest absolute Gasteiger partial charge is 0.477 e. The molecule has 5 heteroatoms. The Morgan fingerprint density at radius 3 is 2.57 bits per heavy atom. The van der Waals surface area contributed by atoms with Gasteiger partial charge in [0.2, 0.25) is 5.91 Å². The number of ether oxygens (including phenoxy) is 1. The van der Waals surface area contributed by atoms with Crippen LogP contribution in [0.4, 0.5) is 5.69 Å². The van der Waals surface area contributed by atoms with Crippen molar-refractivity contribution >= 4 is 28.3 Å². The number of fused-ring (bicyclic) bond motifs is 2. The molecule has 0 saturated carbocycles. The maximum atomic E-state index is 12.9. The normalized spacial score (nSPS) is 16.8. The van der Waals surface area contributed by atoms with E-state index in [4.69, 9.17) is 4.74 Å². The van der Waals surface area contributed by atoms with Gasteiger partial charge >= 0.3 is 0 Å². The first-order valence-electron chi connectivity index (χ1n) is 9.36. The second-order valence-electron chi connectivity index (χ2n) is 7.00. The topological polar surface area (TPSA) is 58.6 Å². The maximum absolute atomic E-state index is 12.9. The molecule has 4 rings (SSSR count). The van der Waals surface area contributed by atoms with Crippen LogP contribution in [-0.2, 0) is 9.59 Å². The zero-order valence-electron chi connectivity index (χ0n) is 15.9. The number of carbonyl (C=O) groups is 2. The summed E-state index contributed by atoms with van der Waals surface area (Å²) in [5.74, 6) is 0.193. The van der Waals surface area contributed by atoms with Gasteiger partial charge in [0.1, 0.15) is 5.75 Å². The van der Waals surface area contributed by atoms with E-state index in [0.717, 1.165) is 16.3 Å². The van der Waals surface area contributed by atoms with E-state index in [-0.39, 0.29) is 24.4 Å². The van der Waals surface area contributed by atoms with E-state index in [1.807, 2.05) is 49.4 Å². The second-order valence-corrected chi connectivity index (χ2v) is 7.00. The van der Waals surface area contributed by atoms with Crippen molar-refractivity contribution < 1.29 is 14.3 Å². The third-order valence-corrected chi connectivity index (χ3v) is 5.09. The Balaban J connectivity index is 1.56. The number of anilines is 1. The molecule has 1 N–H and O–H groups in total. The molecule has 0 aromatic heterocycles. The third-order valence-electron chi connectivity index (χ3n) is 5.09. The summed E-state index contributed by atoms with van der Waals surface area (Å²) >= 11 is 0. The van der Waals surface area contributed by atoms with Crippen LogP contribution in [0.1, 0.15) is 25.5 Å². The van der Waals surface area contributed by atoms with Crippen molar-refractivity contribution in [2.45, 2.75) is 26.0 Å². The molecular formula is C23H22N2O3. The number of hydrogen-bond donors (Lipinski definition) is 1. The van der Waals surface area contributed by atoms with Crippen molar-refractivity contribution in [3.8, 4) is 5.75 Å². The molecule has 0 saturated heterocycles. The fourth-order valence-corrected chi connectivity index (χ4v) is 3.68. The van der Waals surface area contributed by atoms with E-state index < -0.39 is 6.10 Å². The van der Waals surface area contributed by atoms with Crippen LogP contribution < -0.4 is 15.0 Å². The zero-order chi connectivity index (χ0) is 19.7. The molecule has 0 bridgehead atoms. The summed E-state index contributed by atoms with van der Waals surface area (Å²) in [6, 6.07) is 21.3. The second kappa shape index (κ2) is 7.35. The molecule has 142 valence electrons. The molecule has 1 heterocycles.